The minimum Gasteiger partial charge on any atom is -0.323 e. The lowest BCUT2D eigenvalue weighted by Crippen LogP contribution is -2.50. The molecule has 20 heavy (non-hydrogen) atoms. The van der Waals surface area contributed by atoms with Crippen molar-refractivity contribution in [2.45, 2.75) is 51.6 Å². The number of nitrogens with zero attached hydrogens (tertiary/aromatic N) is 1. The average molecular weight is 276 g/mol. The lowest BCUT2D eigenvalue weighted by molar-refractivity contribution is 0.0345. The minimum absolute atomic E-state index is 0.00433. The van der Waals surface area contributed by atoms with Crippen molar-refractivity contribution < 1.29 is 4.39 Å². The molecule has 3 heteroatoms. The SMILES string of the molecule is CC(C)(C)N1CCC2(CC1)Cc1ccc(F)cc1[C@H]2N. The van der Waals surface area contributed by atoms with Crippen LogP contribution in [-0.2, 0) is 6.42 Å². The molecule has 1 fully saturated rings. The third-order valence-electron chi connectivity index (χ3n) is 5.35. The van der Waals surface area contributed by atoms with Gasteiger partial charge in [0.1, 0.15) is 5.82 Å². The zero-order valence-electron chi connectivity index (χ0n) is 12.7. The summed E-state index contributed by atoms with van der Waals surface area (Å²) in [5.41, 5.74) is 9.16. The summed E-state index contributed by atoms with van der Waals surface area (Å²) in [5, 5.41) is 0. The molecule has 1 heterocycles. The molecule has 0 radical (unpaired) electrons. The number of fused-ring (bicyclic) bond motifs is 1. The van der Waals surface area contributed by atoms with Gasteiger partial charge in [0.25, 0.3) is 0 Å². The molecule has 2 N–H and O–H groups in total. The zero-order chi connectivity index (χ0) is 14.5. The van der Waals surface area contributed by atoms with E-state index in [2.05, 4.69) is 25.7 Å². The van der Waals surface area contributed by atoms with E-state index in [0.717, 1.165) is 37.9 Å². The van der Waals surface area contributed by atoms with Crippen molar-refractivity contribution in [2.24, 2.45) is 11.1 Å². The first-order valence-corrected chi connectivity index (χ1v) is 7.61. The van der Waals surface area contributed by atoms with Crippen LogP contribution in [-0.4, -0.2) is 23.5 Å². The molecule has 2 aliphatic rings. The maximum absolute atomic E-state index is 13.4. The number of likely N-dealkylation sites (tertiary alicyclic amines) is 1. The van der Waals surface area contributed by atoms with Crippen molar-refractivity contribution in [1.29, 1.82) is 0 Å². The summed E-state index contributed by atoms with van der Waals surface area (Å²) in [6, 6.07) is 5.13. The molecular formula is C17H25FN2. The van der Waals surface area contributed by atoms with Crippen LogP contribution in [0.5, 0.6) is 0 Å². The number of rotatable bonds is 0. The Bertz CT molecular complexity index is 510. The second-order valence-electron chi connectivity index (χ2n) is 7.52. The Balaban J connectivity index is 1.81. The van der Waals surface area contributed by atoms with Gasteiger partial charge >= 0.3 is 0 Å². The fraction of sp³-hybridized carbons (Fsp3) is 0.647. The van der Waals surface area contributed by atoms with E-state index >= 15 is 0 Å². The van der Waals surface area contributed by atoms with Gasteiger partial charge in [-0.3, -0.25) is 4.90 Å². The molecule has 1 aliphatic heterocycles. The van der Waals surface area contributed by atoms with Gasteiger partial charge < -0.3 is 5.73 Å². The molecule has 1 aromatic carbocycles. The molecule has 3 rings (SSSR count). The van der Waals surface area contributed by atoms with Gasteiger partial charge in [-0.1, -0.05) is 6.07 Å². The summed E-state index contributed by atoms with van der Waals surface area (Å²) >= 11 is 0. The summed E-state index contributed by atoms with van der Waals surface area (Å²) in [6.45, 7) is 8.98. The van der Waals surface area contributed by atoms with Gasteiger partial charge in [-0.2, -0.15) is 0 Å². The first-order chi connectivity index (χ1) is 9.32. The van der Waals surface area contributed by atoms with Crippen LogP contribution in [0.4, 0.5) is 4.39 Å². The van der Waals surface area contributed by atoms with E-state index in [0.29, 0.717) is 0 Å². The third kappa shape index (κ3) is 2.17. The van der Waals surface area contributed by atoms with Crippen molar-refractivity contribution in [3.8, 4) is 0 Å². The Kier molecular flexibility index (Phi) is 3.18. The van der Waals surface area contributed by atoms with Crippen molar-refractivity contribution >= 4 is 0 Å². The molecule has 110 valence electrons. The number of hydrogen-bond acceptors (Lipinski definition) is 2. The van der Waals surface area contributed by atoms with Crippen LogP contribution in [0.25, 0.3) is 0 Å². The van der Waals surface area contributed by atoms with E-state index in [1.54, 1.807) is 12.1 Å². The number of hydrogen-bond donors (Lipinski definition) is 1. The Hall–Kier alpha value is -0.930. The molecule has 1 saturated heterocycles. The van der Waals surface area contributed by atoms with Gasteiger partial charge in [-0.15, -0.1) is 0 Å². The Morgan fingerprint density at radius 2 is 1.90 bits per heavy atom. The van der Waals surface area contributed by atoms with Crippen molar-refractivity contribution in [1.82, 2.24) is 4.90 Å². The van der Waals surface area contributed by atoms with Crippen LogP contribution in [0.3, 0.4) is 0 Å². The van der Waals surface area contributed by atoms with Gasteiger partial charge in [0, 0.05) is 11.6 Å². The maximum Gasteiger partial charge on any atom is 0.123 e. The smallest absolute Gasteiger partial charge is 0.123 e. The summed E-state index contributed by atoms with van der Waals surface area (Å²) in [7, 11) is 0. The first kappa shape index (κ1) is 14.0. The van der Waals surface area contributed by atoms with E-state index < -0.39 is 0 Å². The predicted octanol–water partition coefficient (Wildman–Crippen LogP) is 3.26. The monoisotopic (exact) mass is 276 g/mol. The number of piperidine rings is 1. The fourth-order valence-electron chi connectivity index (χ4n) is 3.95. The predicted molar refractivity (Wildman–Crippen MR) is 80.0 cm³/mol. The highest BCUT2D eigenvalue weighted by Crippen LogP contribution is 2.51. The quantitative estimate of drug-likeness (QED) is 0.788. The standard InChI is InChI=1S/C17H25FN2/c1-16(2,3)20-8-6-17(7-9-20)11-12-4-5-13(18)10-14(12)15(17)19/h4-5,10,15H,6-9,11,19H2,1-3H3/t15-/m1/s1. The van der Waals surface area contributed by atoms with Gasteiger partial charge in [0.15, 0.2) is 0 Å². The lowest BCUT2D eigenvalue weighted by atomic mass is 9.72. The molecule has 1 spiro atoms. The highest BCUT2D eigenvalue weighted by atomic mass is 19.1. The molecule has 0 bridgehead atoms. The van der Waals surface area contributed by atoms with Gasteiger partial charge in [-0.05, 0) is 81.8 Å². The highest BCUT2D eigenvalue weighted by molar-refractivity contribution is 5.38. The fourth-order valence-corrected chi connectivity index (χ4v) is 3.95. The molecule has 0 saturated carbocycles. The van der Waals surface area contributed by atoms with E-state index in [1.807, 2.05) is 6.07 Å². The largest absolute Gasteiger partial charge is 0.323 e. The van der Waals surface area contributed by atoms with Crippen molar-refractivity contribution in [3.05, 3.63) is 35.1 Å². The van der Waals surface area contributed by atoms with Gasteiger partial charge in [-0.25, -0.2) is 4.39 Å². The van der Waals surface area contributed by atoms with E-state index in [-0.39, 0.29) is 22.8 Å². The van der Waals surface area contributed by atoms with Gasteiger partial charge in [0.2, 0.25) is 0 Å². The zero-order valence-corrected chi connectivity index (χ0v) is 12.7. The molecule has 1 atom stereocenters. The molecule has 1 aromatic rings. The Labute approximate surface area is 121 Å². The highest BCUT2D eigenvalue weighted by Gasteiger charge is 2.46. The number of halogens is 1. The summed E-state index contributed by atoms with van der Waals surface area (Å²) in [6.07, 6.45) is 3.24. The number of nitrogens with two attached hydrogens (primary N) is 1. The van der Waals surface area contributed by atoms with Crippen molar-refractivity contribution in [3.63, 3.8) is 0 Å². The normalized spacial score (nSPS) is 25.9. The average Bonchev–Trinajstić information content (AvgIpc) is 2.63. The Morgan fingerprint density at radius 3 is 2.50 bits per heavy atom. The second kappa shape index (κ2) is 4.54. The lowest BCUT2D eigenvalue weighted by Gasteiger charge is -2.47. The molecule has 0 unspecified atom stereocenters. The van der Waals surface area contributed by atoms with Crippen LogP contribution in [0.15, 0.2) is 18.2 Å². The Morgan fingerprint density at radius 1 is 1.25 bits per heavy atom. The summed E-state index contributed by atoms with van der Waals surface area (Å²) in [4.78, 5) is 2.54. The van der Waals surface area contributed by atoms with Crippen molar-refractivity contribution in [2.75, 3.05) is 13.1 Å². The van der Waals surface area contributed by atoms with E-state index in [4.69, 9.17) is 5.73 Å². The van der Waals surface area contributed by atoms with Gasteiger partial charge in [0.05, 0.1) is 0 Å². The molecule has 2 nitrogen and oxygen atoms in total. The number of benzene rings is 1. The van der Waals surface area contributed by atoms with Crippen LogP contribution < -0.4 is 5.73 Å². The van der Waals surface area contributed by atoms with Crippen LogP contribution >= 0.6 is 0 Å². The van der Waals surface area contributed by atoms with E-state index in [1.165, 1.54) is 5.56 Å². The van der Waals surface area contributed by atoms with Crippen LogP contribution in [0.1, 0.15) is 50.8 Å². The summed E-state index contributed by atoms with van der Waals surface area (Å²) < 4.78 is 13.4. The van der Waals surface area contributed by atoms with E-state index in [9.17, 15) is 4.39 Å². The first-order valence-electron chi connectivity index (χ1n) is 7.61. The molecule has 0 aromatic heterocycles. The maximum atomic E-state index is 13.4. The van der Waals surface area contributed by atoms with Crippen LogP contribution in [0.2, 0.25) is 0 Å². The van der Waals surface area contributed by atoms with Crippen LogP contribution in [0, 0.1) is 11.2 Å². The molecule has 0 amide bonds. The summed E-state index contributed by atoms with van der Waals surface area (Å²) in [5.74, 6) is -0.164. The minimum atomic E-state index is -0.164. The topological polar surface area (TPSA) is 29.3 Å². The molecular weight excluding hydrogens is 251 g/mol. The third-order valence-corrected chi connectivity index (χ3v) is 5.35. The molecule has 1 aliphatic carbocycles. The second-order valence-corrected chi connectivity index (χ2v) is 7.52.